The first kappa shape index (κ1) is 12.3. The number of hydrogen-bond acceptors (Lipinski definition) is 0. The average Bonchev–Trinajstić information content (AvgIpc) is 1.59. The summed E-state index contributed by atoms with van der Waals surface area (Å²) in [7, 11) is -0.899. The maximum absolute atomic E-state index is 3.72. The van der Waals surface area contributed by atoms with E-state index in [9.17, 15) is 0 Å². The SMILES string of the molecule is [CH2-]C/C=C/[Si](C)(C)C.[Li+]. The van der Waals surface area contributed by atoms with E-state index in [2.05, 4.69) is 38.3 Å². The van der Waals surface area contributed by atoms with Gasteiger partial charge in [0.2, 0.25) is 0 Å². The van der Waals surface area contributed by atoms with Crippen molar-refractivity contribution in [2.45, 2.75) is 26.1 Å². The summed E-state index contributed by atoms with van der Waals surface area (Å²) in [6.07, 6.45) is 3.09. The van der Waals surface area contributed by atoms with Crippen LogP contribution in [0.25, 0.3) is 0 Å². The monoisotopic (exact) mass is 134 g/mol. The van der Waals surface area contributed by atoms with E-state index in [0.717, 1.165) is 6.42 Å². The maximum atomic E-state index is 3.72. The Morgan fingerprint density at radius 1 is 1.33 bits per heavy atom. The Morgan fingerprint density at radius 2 is 1.78 bits per heavy atom. The summed E-state index contributed by atoms with van der Waals surface area (Å²) in [6, 6.07) is 0. The Labute approximate surface area is 71.9 Å². The van der Waals surface area contributed by atoms with Crippen LogP contribution in [-0.4, -0.2) is 8.07 Å². The quantitative estimate of drug-likeness (QED) is 0.358. The summed E-state index contributed by atoms with van der Waals surface area (Å²) in [4.78, 5) is 0. The molecule has 0 nitrogen and oxygen atoms in total. The topological polar surface area (TPSA) is 0 Å². The Hall–Kier alpha value is 0.554. The van der Waals surface area contributed by atoms with E-state index in [1.165, 1.54) is 0 Å². The number of rotatable bonds is 2. The van der Waals surface area contributed by atoms with Gasteiger partial charge in [-0.3, -0.25) is 0 Å². The Kier molecular flexibility index (Phi) is 7.28. The van der Waals surface area contributed by atoms with Crippen molar-refractivity contribution in [1.29, 1.82) is 0 Å². The van der Waals surface area contributed by atoms with Gasteiger partial charge in [0.05, 0.1) is 8.07 Å². The summed E-state index contributed by atoms with van der Waals surface area (Å²) in [5.41, 5.74) is 2.32. The summed E-state index contributed by atoms with van der Waals surface area (Å²) < 4.78 is 0. The fraction of sp³-hybridized carbons (Fsp3) is 0.571. The molecule has 48 valence electrons. The van der Waals surface area contributed by atoms with Gasteiger partial charge in [0.25, 0.3) is 0 Å². The molecular weight excluding hydrogens is 119 g/mol. The minimum absolute atomic E-state index is 0. The van der Waals surface area contributed by atoms with Crippen LogP contribution < -0.4 is 18.9 Å². The third-order valence-electron chi connectivity index (χ3n) is 0.785. The molecule has 0 aromatic heterocycles. The molecule has 0 aliphatic rings. The smallest absolute Gasteiger partial charge is 0.340 e. The van der Waals surface area contributed by atoms with Crippen molar-refractivity contribution >= 4 is 8.07 Å². The van der Waals surface area contributed by atoms with Gasteiger partial charge in [0, 0.05) is 0 Å². The number of hydrogen-bond donors (Lipinski definition) is 0. The van der Waals surface area contributed by atoms with Crippen molar-refractivity contribution in [3.63, 3.8) is 0 Å². The molecule has 2 heteroatoms. The van der Waals surface area contributed by atoms with Crippen LogP contribution in [0.2, 0.25) is 19.6 Å². The molecule has 0 aromatic rings. The first-order valence-corrected chi connectivity index (χ1v) is 6.61. The molecule has 0 N–H and O–H groups in total. The van der Waals surface area contributed by atoms with Crippen molar-refractivity contribution in [2.24, 2.45) is 0 Å². The van der Waals surface area contributed by atoms with Gasteiger partial charge in [-0.15, -0.1) is 11.8 Å². The molecule has 0 aliphatic carbocycles. The molecule has 0 aliphatic heterocycles. The predicted octanol–water partition coefficient (Wildman–Crippen LogP) is -0.352. The average molecular weight is 134 g/mol. The molecule has 0 rings (SSSR count). The minimum Gasteiger partial charge on any atom is -0.340 e. The van der Waals surface area contributed by atoms with Crippen molar-refractivity contribution in [3.8, 4) is 0 Å². The van der Waals surface area contributed by atoms with Gasteiger partial charge in [-0.25, -0.2) is 0 Å². The van der Waals surface area contributed by atoms with Gasteiger partial charge in [0.1, 0.15) is 0 Å². The van der Waals surface area contributed by atoms with E-state index in [-0.39, 0.29) is 18.9 Å². The van der Waals surface area contributed by atoms with Crippen LogP contribution in [-0.2, 0) is 0 Å². The zero-order valence-corrected chi connectivity index (χ0v) is 8.07. The third kappa shape index (κ3) is 11.9. The third-order valence-corrected chi connectivity index (χ3v) is 2.02. The molecule has 9 heavy (non-hydrogen) atoms. The van der Waals surface area contributed by atoms with Gasteiger partial charge in [-0.1, -0.05) is 19.6 Å². The second-order valence-electron chi connectivity index (χ2n) is 3.06. The van der Waals surface area contributed by atoms with Gasteiger partial charge in [-0.05, 0) is 0 Å². The Balaban J connectivity index is 0. The van der Waals surface area contributed by atoms with Gasteiger partial charge in [-0.2, -0.15) is 6.42 Å². The predicted molar refractivity (Wildman–Crippen MR) is 42.5 cm³/mol. The molecule has 0 radical (unpaired) electrons. The largest absolute Gasteiger partial charge is 1.00 e. The molecule has 0 aromatic carbocycles. The van der Waals surface area contributed by atoms with Crippen LogP contribution in [0.15, 0.2) is 11.8 Å². The molecule has 0 heterocycles. The number of allylic oxidation sites excluding steroid dienone is 1. The maximum Gasteiger partial charge on any atom is 1.00 e. The van der Waals surface area contributed by atoms with Crippen LogP contribution in [0.4, 0.5) is 0 Å². The summed E-state index contributed by atoms with van der Waals surface area (Å²) >= 11 is 0. The molecule has 0 spiro atoms. The zero-order chi connectivity index (χ0) is 6.62. The second kappa shape index (κ2) is 5.35. The van der Waals surface area contributed by atoms with Crippen molar-refractivity contribution in [3.05, 3.63) is 18.7 Å². The van der Waals surface area contributed by atoms with Crippen LogP contribution in [0.5, 0.6) is 0 Å². The first-order valence-electron chi connectivity index (χ1n) is 3.03. The zero-order valence-electron chi connectivity index (χ0n) is 7.07. The van der Waals surface area contributed by atoms with E-state index in [1.54, 1.807) is 0 Å². The summed E-state index contributed by atoms with van der Waals surface area (Å²) in [6.45, 7) is 10.7. The van der Waals surface area contributed by atoms with E-state index in [4.69, 9.17) is 0 Å². The molecule has 0 bridgehead atoms. The fourth-order valence-corrected chi connectivity index (χ4v) is 1.31. The van der Waals surface area contributed by atoms with E-state index in [1.807, 2.05) is 0 Å². The molecule has 0 saturated heterocycles. The van der Waals surface area contributed by atoms with E-state index in [0.29, 0.717) is 0 Å². The van der Waals surface area contributed by atoms with Gasteiger partial charge >= 0.3 is 18.9 Å². The van der Waals surface area contributed by atoms with Gasteiger partial charge in [0.15, 0.2) is 0 Å². The normalized spacial score (nSPS) is 11.6. The van der Waals surface area contributed by atoms with Crippen molar-refractivity contribution < 1.29 is 18.9 Å². The van der Waals surface area contributed by atoms with E-state index >= 15 is 0 Å². The molecule has 0 amide bonds. The Morgan fingerprint density at radius 3 is 1.89 bits per heavy atom. The molecule has 0 saturated carbocycles. The fourth-order valence-electron chi connectivity index (χ4n) is 0.437. The minimum atomic E-state index is -0.899. The Bertz CT molecular complexity index is 81.4. The van der Waals surface area contributed by atoms with Crippen LogP contribution in [0.3, 0.4) is 0 Å². The van der Waals surface area contributed by atoms with Gasteiger partial charge < -0.3 is 6.92 Å². The molecule has 0 unspecified atom stereocenters. The molecular formula is C7H15LiSi. The van der Waals surface area contributed by atoms with E-state index < -0.39 is 8.07 Å². The molecule has 0 fully saturated rings. The second-order valence-corrected chi connectivity index (χ2v) is 8.12. The standard InChI is InChI=1S/C7H15Si.Li/c1-5-6-7-8(2,3)4;/h6-7H,1,5H2,2-4H3;/q-1;+1/b7-6+;. The van der Waals surface area contributed by atoms with Crippen molar-refractivity contribution in [1.82, 2.24) is 0 Å². The van der Waals surface area contributed by atoms with Crippen molar-refractivity contribution in [2.75, 3.05) is 0 Å². The molecule has 0 atom stereocenters. The van der Waals surface area contributed by atoms with Crippen LogP contribution >= 0.6 is 0 Å². The van der Waals surface area contributed by atoms with Crippen LogP contribution in [0, 0.1) is 6.92 Å². The van der Waals surface area contributed by atoms with Crippen LogP contribution in [0.1, 0.15) is 6.42 Å². The first-order chi connectivity index (χ1) is 3.56. The summed E-state index contributed by atoms with van der Waals surface area (Å²) in [5.74, 6) is 0. The summed E-state index contributed by atoms with van der Waals surface area (Å²) in [5, 5.41) is 0.